The number of rotatable bonds is 8. The summed E-state index contributed by atoms with van der Waals surface area (Å²) >= 11 is 0. The fourth-order valence-corrected chi connectivity index (χ4v) is 1.88. The Morgan fingerprint density at radius 1 is 1.39 bits per heavy atom. The van der Waals surface area contributed by atoms with Gasteiger partial charge in [-0.05, 0) is 32.9 Å². The second kappa shape index (κ2) is 8.72. The van der Waals surface area contributed by atoms with E-state index in [0.29, 0.717) is 13.2 Å². The Balaban J connectivity index is 2.68. The van der Waals surface area contributed by atoms with E-state index in [1.54, 1.807) is 0 Å². The van der Waals surface area contributed by atoms with E-state index in [2.05, 4.69) is 23.5 Å². The lowest BCUT2D eigenvalue weighted by molar-refractivity contribution is 0.331. The molecule has 0 spiro atoms. The van der Waals surface area contributed by atoms with Gasteiger partial charge in [0.1, 0.15) is 5.75 Å². The predicted octanol–water partition coefficient (Wildman–Crippen LogP) is 2.64. The Morgan fingerprint density at radius 2 is 2.17 bits per heavy atom. The summed E-state index contributed by atoms with van der Waals surface area (Å²) in [6, 6.07) is 8.23. The molecule has 0 saturated heterocycles. The number of hydrogen-bond acceptors (Lipinski definition) is 3. The summed E-state index contributed by atoms with van der Waals surface area (Å²) in [5.41, 5.74) is 6.99. The molecule has 1 rings (SSSR count). The zero-order valence-corrected chi connectivity index (χ0v) is 11.4. The number of nitrogens with one attached hydrogen (secondary N) is 1. The van der Waals surface area contributed by atoms with Gasteiger partial charge in [0.05, 0.1) is 6.61 Å². The van der Waals surface area contributed by atoms with Gasteiger partial charge in [0.15, 0.2) is 0 Å². The molecule has 0 saturated carbocycles. The van der Waals surface area contributed by atoms with E-state index < -0.39 is 0 Å². The number of nitrogens with two attached hydrogens (primary N) is 1. The highest BCUT2D eigenvalue weighted by molar-refractivity contribution is 5.36. The maximum absolute atomic E-state index is 5.85. The summed E-state index contributed by atoms with van der Waals surface area (Å²) in [6.45, 7) is 6.19. The van der Waals surface area contributed by atoms with Crippen molar-refractivity contribution in [2.75, 3.05) is 19.7 Å². The first-order chi connectivity index (χ1) is 8.83. The molecule has 0 aromatic heterocycles. The summed E-state index contributed by atoms with van der Waals surface area (Å²) in [4.78, 5) is 0. The van der Waals surface area contributed by atoms with Crippen LogP contribution in [0.1, 0.15) is 31.9 Å². The molecular weight excluding hydrogens is 224 g/mol. The van der Waals surface area contributed by atoms with Gasteiger partial charge in [-0.25, -0.2) is 0 Å². The van der Waals surface area contributed by atoms with Crippen LogP contribution >= 0.6 is 0 Å². The molecule has 0 aliphatic carbocycles. The van der Waals surface area contributed by atoms with Crippen LogP contribution in [0.15, 0.2) is 36.4 Å². The molecule has 100 valence electrons. The molecule has 0 aliphatic heterocycles. The number of hydrogen-bond donors (Lipinski definition) is 2. The smallest absolute Gasteiger partial charge is 0.124 e. The molecule has 1 aromatic rings. The molecule has 3 heteroatoms. The first kappa shape index (κ1) is 14.7. The minimum Gasteiger partial charge on any atom is -0.494 e. The van der Waals surface area contributed by atoms with E-state index >= 15 is 0 Å². The molecule has 0 amide bonds. The second-order valence-electron chi connectivity index (χ2n) is 4.07. The van der Waals surface area contributed by atoms with Crippen LogP contribution in [0.25, 0.3) is 0 Å². The SMILES string of the molecule is C/C=C/CCNC(CN)c1ccccc1OCC. The van der Waals surface area contributed by atoms with Crippen LogP contribution in [-0.2, 0) is 0 Å². The minimum absolute atomic E-state index is 0.151. The van der Waals surface area contributed by atoms with E-state index in [4.69, 9.17) is 10.5 Å². The monoisotopic (exact) mass is 248 g/mol. The van der Waals surface area contributed by atoms with Crippen LogP contribution in [-0.4, -0.2) is 19.7 Å². The largest absolute Gasteiger partial charge is 0.494 e. The highest BCUT2D eigenvalue weighted by atomic mass is 16.5. The topological polar surface area (TPSA) is 47.3 Å². The molecule has 3 N–H and O–H groups in total. The summed E-state index contributed by atoms with van der Waals surface area (Å²) in [7, 11) is 0. The molecule has 3 nitrogen and oxygen atoms in total. The van der Waals surface area contributed by atoms with E-state index in [1.165, 1.54) is 0 Å². The maximum Gasteiger partial charge on any atom is 0.124 e. The summed E-state index contributed by atoms with van der Waals surface area (Å²) in [5, 5.41) is 3.46. The first-order valence-electron chi connectivity index (χ1n) is 6.59. The highest BCUT2D eigenvalue weighted by Gasteiger charge is 2.13. The zero-order valence-electron chi connectivity index (χ0n) is 11.4. The Hall–Kier alpha value is -1.32. The van der Waals surface area contributed by atoms with Crippen LogP contribution in [0.4, 0.5) is 0 Å². The van der Waals surface area contributed by atoms with Crippen molar-refractivity contribution in [1.82, 2.24) is 5.32 Å². The van der Waals surface area contributed by atoms with Crippen LogP contribution in [0, 0.1) is 0 Å². The van der Waals surface area contributed by atoms with E-state index in [9.17, 15) is 0 Å². The van der Waals surface area contributed by atoms with Gasteiger partial charge >= 0.3 is 0 Å². The van der Waals surface area contributed by atoms with Gasteiger partial charge in [0.2, 0.25) is 0 Å². The first-order valence-corrected chi connectivity index (χ1v) is 6.59. The van der Waals surface area contributed by atoms with Crippen LogP contribution in [0.5, 0.6) is 5.75 Å². The van der Waals surface area contributed by atoms with Gasteiger partial charge in [0.25, 0.3) is 0 Å². The predicted molar refractivity (Wildman–Crippen MR) is 76.8 cm³/mol. The van der Waals surface area contributed by atoms with Crippen molar-refractivity contribution >= 4 is 0 Å². The Morgan fingerprint density at radius 3 is 2.83 bits per heavy atom. The Bertz CT molecular complexity index is 363. The summed E-state index contributed by atoms with van der Waals surface area (Å²) in [6.07, 6.45) is 5.23. The number of para-hydroxylation sites is 1. The average molecular weight is 248 g/mol. The zero-order chi connectivity index (χ0) is 13.2. The van der Waals surface area contributed by atoms with E-state index in [0.717, 1.165) is 24.3 Å². The standard InChI is InChI=1S/C15H24N2O/c1-3-5-8-11-17-14(12-16)13-9-6-7-10-15(13)18-4-2/h3,5-7,9-10,14,17H,4,8,11-12,16H2,1-2H3/b5-3+. The van der Waals surface area contributed by atoms with Crippen molar-refractivity contribution in [1.29, 1.82) is 0 Å². The third-order valence-electron chi connectivity index (χ3n) is 2.77. The van der Waals surface area contributed by atoms with Gasteiger partial charge < -0.3 is 15.8 Å². The normalized spacial score (nSPS) is 12.8. The molecule has 0 heterocycles. The Kier molecular flexibility index (Phi) is 7.14. The molecular formula is C15H24N2O. The Labute approximate surface area is 110 Å². The lowest BCUT2D eigenvalue weighted by atomic mass is 10.1. The van der Waals surface area contributed by atoms with Gasteiger partial charge in [-0.2, -0.15) is 0 Å². The molecule has 18 heavy (non-hydrogen) atoms. The lowest BCUT2D eigenvalue weighted by Crippen LogP contribution is -2.29. The van der Waals surface area contributed by atoms with Gasteiger partial charge in [0, 0.05) is 18.2 Å². The molecule has 1 unspecified atom stereocenters. The molecule has 0 aliphatic rings. The van der Waals surface area contributed by atoms with Crippen molar-refractivity contribution < 1.29 is 4.74 Å². The fourth-order valence-electron chi connectivity index (χ4n) is 1.88. The van der Waals surface area contributed by atoms with Crippen molar-refractivity contribution in [3.63, 3.8) is 0 Å². The van der Waals surface area contributed by atoms with Crippen molar-refractivity contribution in [3.8, 4) is 5.75 Å². The van der Waals surface area contributed by atoms with Gasteiger partial charge in [-0.15, -0.1) is 0 Å². The van der Waals surface area contributed by atoms with Crippen molar-refractivity contribution in [2.45, 2.75) is 26.3 Å². The van der Waals surface area contributed by atoms with E-state index in [-0.39, 0.29) is 6.04 Å². The molecule has 0 radical (unpaired) electrons. The van der Waals surface area contributed by atoms with Crippen LogP contribution < -0.4 is 15.8 Å². The summed E-state index contributed by atoms with van der Waals surface area (Å²) in [5.74, 6) is 0.925. The molecule has 1 aromatic carbocycles. The minimum atomic E-state index is 0.151. The second-order valence-corrected chi connectivity index (χ2v) is 4.07. The third-order valence-corrected chi connectivity index (χ3v) is 2.77. The van der Waals surface area contributed by atoms with Crippen molar-refractivity contribution in [2.24, 2.45) is 5.73 Å². The molecule has 0 fully saturated rings. The quantitative estimate of drug-likeness (QED) is 0.549. The maximum atomic E-state index is 5.85. The van der Waals surface area contributed by atoms with Gasteiger partial charge in [-0.3, -0.25) is 0 Å². The highest BCUT2D eigenvalue weighted by Crippen LogP contribution is 2.24. The average Bonchev–Trinajstić information content (AvgIpc) is 2.41. The number of benzene rings is 1. The number of allylic oxidation sites excluding steroid dienone is 1. The van der Waals surface area contributed by atoms with Crippen LogP contribution in [0.2, 0.25) is 0 Å². The van der Waals surface area contributed by atoms with E-state index in [1.807, 2.05) is 32.0 Å². The summed E-state index contributed by atoms with van der Waals surface area (Å²) < 4.78 is 5.64. The van der Waals surface area contributed by atoms with Gasteiger partial charge in [-0.1, -0.05) is 30.4 Å². The fraction of sp³-hybridized carbons (Fsp3) is 0.467. The third kappa shape index (κ3) is 4.51. The molecule has 0 bridgehead atoms. The number of ether oxygens (including phenoxy) is 1. The lowest BCUT2D eigenvalue weighted by Gasteiger charge is -2.20. The van der Waals surface area contributed by atoms with Crippen molar-refractivity contribution in [3.05, 3.63) is 42.0 Å². The van der Waals surface area contributed by atoms with Crippen LogP contribution in [0.3, 0.4) is 0 Å². The molecule has 1 atom stereocenters.